The van der Waals surface area contributed by atoms with Gasteiger partial charge in [-0.1, -0.05) is 0 Å². The largest absolute Gasteiger partial charge is 0.490 e. The number of nitrogens with one attached hydrogen (secondary N) is 1. The average molecular weight is 263 g/mol. The van der Waals surface area contributed by atoms with E-state index in [0.717, 1.165) is 11.3 Å². The summed E-state index contributed by atoms with van der Waals surface area (Å²) in [7, 11) is 3.47. The second kappa shape index (κ2) is 5.57. The van der Waals surface area contributed by atoms with E-state index in [1.807, 2.05) is 24.9 Å². The van der Waals surface area contributed by atoms with Gasteiger partial charge in [-0.05, 0) is 13.0 Å². The van der Waals surface area contributed by atoms with Crippen molar-refractivity contribution in [1.82, 2.24) is 9.97 Å². The first-order valence-electron chi connectivity index (χ1n) is 5.77. The molecule has 0 unspecified atom stereocenters. The lowest BCUT2D eigenvalue weighted by atomic mass is 10.2. The standard InChI is InChI=1S/C12H17N5O2/c1-8-9(4-5-19-8)6-17(2)12-10(18-3)11(16-13)14-7-15-12/h4-5,7H,6,13H2,1-3H3,(H,14,15,16). The van der Waals surface area contributed by atoms with Gasteiger partial charge in [0.05, 0.1) is 13.4 Å². The topological polar surface area (TPSA) is 89.4 Å². The van der Waals surface area contributed by atoms with Crippen LogP contribution in [0, 0.1) is 6.92 Å². The number of aryl methyl sites for hydroxylation is 1. The van der Waals surface area contributed by atoms with Gasteiger partial charge in [0, 0.05) is 19.2 Å². The van der Waals surface area contributed by atoms with Crippen LogP contribution in [0.5, 0.6) is 5.75 Å². The van der Waals surface area contributed by atoms with E-state index in [4.69, 9.17) is 15.0 Å². The van der Waals surface area contributed by atoms with Gasteiger partial charge in [0.1, 0.15) is 12.1 Å². The predicted octanol–water partition coefficient (Wildman–Crippen LogP) is 1.31. The van der Waals surface area contributed by atoms with E-state index in [2.05, 4.69) is 15.4 Å². The molecule has 0 fully saturated rings. The third-order valence-electron chi connectivity index (χ3n) is 2.86. The highest BCUT2D eigenvalue weighted by molar-refractivity contribution is 5.64. The van der Waals surface area contributed by atoms with E-state index in [1.54, 1.807) is 13.4 Å². The highest BCUT2D eigenvalue weighted by atomic mass is 16.5. The Labute approximate surface area is 111 Å². The molecule has 2 heterocycles. The molecule has 2 aromatic heterocycles. The summed E-state index contributed by atoms with van der Waals surface area (Å²) in [6, 6.07) is 1.93. The van der Waals surface area contributed by atoms with Gasteiger partial charge in [0.2, 0.25) is 5.75 Å². The molecule has 0 saturated carbocycles. The summed E-state index contributed by atoms with van der Waals surface area (Å²) in [5.74, 6) is 7.90. The molecule has 0 radical (unpaired) electrons. The van der Waals surface area contributed by atoms with Gasteiger partial charge < -0.3 is 19.5 Å². The average Bonchev–Trinajstić information content (AvgIpc) is 2.83. The molecule has 2 aromatic rings. The normalized spacial score (nSPS) is 10.3. The molecule has 0 aromatic carbocycles. The number of rotatable bonds is 5. The van der Waals surface area contributed by atoms with E-state index >= 15 is 0 Å². The smallest absolute Gasteiger partial charge is 0.205 e. The molecule has 0 amide bonds. The predicted molar refractivity (Wildman–Crippen MR) is 71.9 cm³/mol. The number of ether oxygens (including phenoxy) is 1. The van der Waals surface area contributed by atoms with Gasteiger partial charge in [0.25, 0.3) is 0 Å². The highest BCUT2D eigenvalue weighted by Crippen LogP contribution is 2.31. The summed E-state index contributed by atoms with van der Waals surface area (Å²) in [5, 5.41) is 0. The molecule has 0 bridgehead atoms. The molecule has 0 aliphatic heterocycles. The van der Waals surface area contributed by atoms with Crippen molar-refractivity contribution in [1.29, 1.82) is 0 Å². The minimum atomic E-state index is 0.447. The summed E-state index contributed by atoms with van der Waals surface area (Å²) < 4.78 is 10.6. The second-order valence-corrected chi connectivity index (χ2v) is 4.08. The molecule has 7 heteroatoms. The van der Waals surface area contributed by atoms with E-state index in [9.17, 15) is 0 Å². The number of nitrogens with two attached hydrogens (primary N) is 1. The lowest BCUT2D eigenvalue weighted by Crippen LogP contribution is -2.20. The summed E-state index contributed by atoms with van der Waals surface area (Å²) in [6.45, 7) is 2.58. The summed E-state index contributed by atoms with van der Waals surface area (Å²) in [5.41, 5.74) is 3.58. The Bertz CT molecular complexity index is 555. The molecule has 0 aliphatic carbocycles. The molecular formula is C12H17N5O2. The quantitative estimate of drug-likeness (QED) is 0.621. The number of anilines is 2. The van der Waals surface area contributed by atoms with Crippen LogP contribution in [0.25, 0.3) is 0 Å². The monoisotopic (exact) mass is 263 g/mol. The van der Waals surface area contributed by atoms with Crippen molar-refractivity contribution in [3.05, 3.63) is 30.0 Å². The van der Waals surface area contributed by atoms with Crippen LogP contribution in [0.3, 0.4) is 0 Å². The minimum Gasteiger partial charge on any atom is -0.490 e. The molecule has 2 rings (SSSR count). The van der Waals surface area contributed by atoms with Crippen molar-refractivity contribution in [2.24, 2.45) is 5.84 Å². The van der Waals surface area contributed by atoms with Crippen molar-refractivity contribution in [2.45, 2.75) is 13.5 Å². The Morgan fingerprint density at radius 3 is 2.84 bits per heavy atom. The first kappa shape index (κ1) is 13.2. The Hall–Kier alpha value is -2.28. The fourth-order valence-corrected chi connectivity index (χ4v) is 1.83. The Morgan fingerprint density at radius 2 is 2.26 bits per heavy atom. The van der Waals surface area contributed by atoms with Crippen LogP contribution in [0.4, 0.5) is 11.6 Å². The number of aromatic nitrogens is 2. The first-order valence-corrected chi connectivity index (χ1v) is 5.77. The van der Waals surface area contributed by atoms with Gasteiger partial charge >= 0.3 is 0 Å². The van der Waals surface area contributed by atoms with E-state index in [-0.39, 0.29) is 0 Å². The van der Waals surface area contributed by atoms with Crippen LogP contribution >= 0.6 is 0 Å². The maximum absolute atomic E-state index is 5.40. The molecule has 19 heavy (non-hydrogen) atoms. The molecule has 7 nitrogen and oxygen atoms in total. The first-order chi connectivity index (χ1) is 9.17. The van der Waals surface area contributed by atoms with Crippen molar-refractivity contribution in [2.75, 3.05) is 24.5 Å². The molecule has 0 atom stereocenters. The van der Waals surface area contributed by atoms with E-state index < -0.39 is 0 Å². The van der Waals surface area contributed by atoms with Gasteiger partial charge in [0.15, 0.2) is 11.6 Å². The zero-order valence-corrected chi connectivity index (χ0v) is 11.2. The summed E-state index contributed by atoms with van der Waals surface area (Å²) in [6.07, 6.45) is 3.11. The molecule has 3 N–H and O–H groups in total. The number of hydrazine groups is 1. The van der Waals surface area contributed by atoms with Gasteiger partial charge in [-0.2, -0.15) is 0 Å². The molecule has 0 spiro atoms. The lowest BCUT2D eigenvalue weighted by Gasteiger charge is -2.21. The fraction of sp³-hybridized carbons (Fsp3) is 0.333. The zero-order chi connectivity index (χ0) is 13.8. The van der Waals surface area contributed by atoms with Crippen molar-refractivity contribution >= 4 is 11.6 Å². The Morgan fingerprint density at radius 1 is 1.47 bits per heavy atom. The Balaban J connectivity index is 2.28. The number of furan rings is 1. The SMILES string of the molecule is COc1c(NN)ncnc1N(C)Cc1ccoc1C. The van der Waals surface area contributed by atoms with Crippen molar-refractivity contribution < 1.29 is 9.15 Å². The Kier molecular flexibility index (Phi) is 3.86. The van der Waals surface area contributed by atoms with Crippen LogP contribution in [0.1, 0.15) is 11.3 Å². The zero-order valence-electron chi connectivity index (χ0n) is 11.2. The van der Waals surface area contributed by atoms with Crippen LogP contribution in [-0.2, 0) is 6.54 Å². The maximum Gasteiger partial charge on any atom is 0.205 e. The van der Waals surface area contributed by atoms with Gasteiger partial charge in [-0.15, -0.1) is 0 Å². The maximum atomic E-state index is 5.40. The number of nitrogens with zero attached hydrogens (tertiary/aromatic N) is 3. The number of nitrogen functional groups attached to an aromatic ring is 1. The van der Waals surface area contributed by atoms with Crippen molar-refractivity contribution in [3.8, 4) is 5.75 Å². The summed E-state index contributed by atoms with van der Waals surface area (Å²) in [4.78, 5) is 10.2. The van der Waals surface area contributed by atoms with Crippen LogP contribution in [-0.4, -0.2) is 24.1 Å². The molecular weight excluding hydrogens is 246 g/mol. The van der Waals surface area contributed by atoms with E-state index in [0.29, 0.717) is 23.9 Å². The number of methoxy groups -OCH3 is 1. The van der Waals surface area contributed by atoms with Gasteiger partial charge in [-0.3, -0.25) is 0 Å². The van der Waals surface area contributed by atoms with Crippen molar-refractivity contribution in [3.63, 3.8) is 0 Å². The van der Waals surface area contributed by atoms with Crippen LogP contribution in [0.2, 0.25) is 0 Å². The summed E-state index contributed by atoms with van der Waals surface area (Å²) >= 11 is 0. The lowest BCUT2D eigenvalue weighted by molar-refractivity contribution is 0.412. The number of hydrogen-bond donors (Lipinski definition) is 2. The van der Waals surface area contributed by atoms with Crippen LogP contribution < -0.4 is 20.9 Å². The molecule has 0 saturated heterocycles. The van der Waals surface area contributed by atoms with Gasteiger partial charge in [-0.25, -0.2) is 15.8 Å². The molecule has 102 valence electrons. The highest BCUT2D eigenvalue weighted by Gasteiger charge is 2.16. The van der Waals surface area contributed by atoms with E-state index in [1.165, 1.54) is 6.33 Å². The van der Waals surface area contributed by atoms with Crippen LogP contribution in [0.15, 0.2) is 23.1 Å². The second-order valence-electron chi connectivity index (χ2n) is 4.08. The fourth-order valence-electron chi connectivity index (χ4n) is 1.83. The molecule has 0 aliphatic rings. The third kappa shape index (κ3) is 2.60. The minimum absolute atomic E-state index is 0.447. The number of hydrogen-bond acceptors (Lipinski definition) is 7. The third-order valence-corrected chi connectivity index (χ3v) is 2.86.